The van der Waals surface area contributed by atoms with Gasteiger partial charge in [-0.05, 0) is 52.2 Å². The standard InChI is InChI=1S/C15H22N2O2/c1-16-7-5-11(6-8-16)17(2)14-10-19-15-9-12(18)3-4-13(14)15/h3-4,9,11,14,18H,5-8,10H2,1-2H3. The van der Waals surface area contributed by atoms with Crippen LogP contribution in [-0.4, -0.2) is 54.7 Å². The molecular formula is C15H22N2O2. The van der Waals surface area contributed by atoms with E-state index >= 15 is 0 Å². The first kappa shape index (κ1) is 12.8. The van der Waals surface area contributed by atoms with Gasteiger partial charge >= 0.3 is 0 Å². The van der Waals surface area contributed by atoms with E-state index in [1.54, 1.807) is 12.1 Å². The molecule has 1 atom stereocenters. The van der Waals surface area contributed by atoms with Crippen molar-refractivity contribution in [2.45, 2.75) is 24.9 Å². The summed E-state index contributed by atoms with van der Waals surface area (Å²) in [5.74, 6) is 1.12. The van der Waals surface area contributed by atoms with E-state index in [0.717, 1.165) is 5.75 Å². The molecule has 0 aliphatic carbocycles. The maximum Gasteiger partial charge on any atom is 0.127 e. The van der Waals surface area contributed by atoms with Crippen LogP contribution in [0.2, 0.25) is 0 Å². The minimum atomic E-state index is 0.279. The molecule has 1 aromatic rings. The van der Waals surface area contributed by atoms with Crippen molar-refractivity contribution >= 4 is 0 Å². The lowest BCUT2D eigenvalue weighted by molar-refractivity contribution is 0.0943. The molecule has 0 radical (unpaired) electrons. The zero-order chi connectivity index (χ0) is 13.4. The summed E-state index contributed by atoms with van der Waals surface area (Å²) in [6, 6.07) is 6.42. The number of benzene rings is 1. The van der Waals surface area contributed by atoms with E-state index in [9.17, 15) is 5.11 Å². The largest absolute Gasteiger partial charge is 0.508 e. The molecule has 0 amide bonds. The molecule has 0 bridgehead atoms. The summed E-state index contributed by atoms with van der Waals surface area (Å²) in [6.07, 6.45) is 2.44. The van der Waals surface area contributed by atoms with Gasteiger partial charge in [-0.15, -0.1) is 0 Å². The Hall–Kier alpha value is -1.26. The van der Waals surface area contributed by atoms with Gasteiger partial charge in [0.1, 0.15) is 18.1 Å². The van der Waals surface area contributed by atoms with Crippen molar-refractivity contribution in [3.8, 4) is 11.5 Å². The molecule has 3 rings (SSSR count). The lowest BCUT2D eigenvalue weighted by Crippen LogP contribution is -2.43. The predicted molar refractivity (Wildman–Crippen MR) is 74.6 cm³/mol. The van der Waals surface area contributed by atoms with Crippen LogP contribution in [0, 0.1) is 0 Å². The lowest BCUT2D eigenvalue weighted by atomic mass is 9.99. The van der Waals surface area contributed by atoms with Gasteiger partial charge in [-0.25, -0.2) is 0 Å². The molecule has 19 heavy (non-hydrogen) atoms. The van der Waals surface area contributed by atoms with Crippen LogP contribution in [0.25, 0.3) is 0 Å². The Morgan fingerprint density at radius 2 is 2.05 bits per heavy atom. The average Bonchev–Trinajstić information content (AvgIpc) is 2.81. The van der Waals surface area contributed by atoms with E-state index in [-0.39, 0.29) is 5.75 Å². The Labute approximate surface area is 114 Å². The van der Waals surface area contributed by atoms with Gasteiger partial charge in [-0.3, -0.25) is 4.90 Å². The molecule has 1 unspecified atom stereocenters. The highest BCUT2D eigenvalue weighted by Crippen LogP contribution is 2.39. The van der Waals surface area contributed by atoms with E-state index in [0.29, 0.717) is 18.7 Å². The van der Waals surface area contributed by atoms with E-state index in [1.807, 2.05) is 6.07 Å². The van der Waals surface area contributed by atoms with Crippen LogP contribution in [-0.2, 0) is 0 Å². The number of hydrogen-bond acceptors (Lipinski definition) is 4. The highest BCUT2D eigenvalue weighted by Gasteiger charge is 2.32. The van der Waals surface area contributed by atoms with Gasteiger partial charge in [-0.1, -0.05) is 0 Å². The molecule has 1 N–H and O–H groups in total. The molecular weight excluding hydrogens is 240 g/mol. The Kier molecular flexibility index (Phi) is 3.37. The van der Waals surface area contributed by atoms with Crippen molar-refractivity contribution in [1.29, 1.82) is 0 Å². The number of phenols is 1. The van der Waals surface area contributed by atoms with Crippen LogP contribution in [0.15, 0.2) is 18.2 Å². The molecule has 0 spiro atoms. The fraction of sp³-hybridized carbons (Fsp3) is 0.600. The third-order valence-corrected chi connectivity index (χ3v) is 4.51. The van der Waals surface area contributed by atoms with Gasteiger partial charge in [0.05, 0.1) is 6.04 Å². The SMILES string of the molecule is CN1CCC(N(C)C2COc3cc(O)ccc32)CC1. The monoisotopic (exact) mass is 262 g/mol. The number of nitrogens with zero attached hydrogens (tertiary/aromatic N) is 2. The zero-order valence-corrected chi connectivity index (χ0v) is 11.7. The van der Waals surface area contributed by atoms with Crippen molar-refractivity contribution < 1.29 is 9.84 Å². The van der Waals surface area contributed by atoms with Gasteiger partial charge < -0.3 is 14.7 Å². The molecule has 1 saturated heterocycles. The molecule has 0 aromatic heterocycles. The van der Waals surface area contributed by atoms with Crippen LogP contribution >= 0.6 is 0 Å². The summed E-state index contributed by atoms with van der Waals surface area (Å²) in [4.78, 5) is 4.84. The van der Waals surface area contributed by atoms with E-state index < -0.39 is 0 Å². The van der Waals surface area contributed by atoms with Crippen LogP contribution in [0.4, 0.5) is 0 Å². The van der Waals surface area contributed by atoms with Gasteiger partial charge in [0, 0.05) is 17.7 Å². The summed E-state index contributed by atoms with van der Waals surface area (Å²) >= 11 is 0. The summed E-state index contributed by atoms with van der Waals surface area (Å²) in [6.45, 7) is 3.04. The maximum atomic E-state index is 9.50. The van der Waals surface area contributed by atoms with Crippen LogP contribution in [0.1, 0.15) is 24.4 Å². The number of likely N-dealkylation sites (tertiary alicyclic amines) is 1. The van der Waals surface area contributed by atoms with Crippen molar-refractivity contribution in [2.24, 2.45) is 0 Å². The van der Waals surface area contributed by atoms with E-state index in [4.69, 9.17) is 4.74 Å². The number of aromatic hydroxyl groups is 1. The molecule has 4 nitrogen and oxygen atoms in total. The highest BCUT2D eigenvalue weighted by atomic mass is 16.5. The third-order valence-electron chi connectivity index (χ3n) is 4.51. The number of phenolic OH excluding ortho intramolecular Hbond substituents is 1. The van der Waals surface area contributed by atoms with Crippen molar-refractivity contribution in [3.63, 3.8) is 0 Å². The Morgan fingerprint density at radius 1 is 1.32 bits per heavy atom. The Balaban J connectivity index is 1.74. The normalized spacial score (nSPS) is 24.5. The third kappa shape index (κ3) is 2.42. The molecule has 0 saturated carbocycles. The number of piperidine rings is 1. The van der Waals surface area contributed by atoms with Gasteiger partial charge in [0.2, 0.25) is 0 Å². The first-order chi connectivity index (χ1) is 9.15. The molecule has 2 aliphatic heterocycles. The Morgan fingerprint density at radius 3 is 2.79 bits per heavy atom. The topological polar surface area (TPSA) is 35.9 Å². The average molecular weight is 262 g/mol. The molecule has 4 heteroatoms. The number of ether oxygens (including phenoxy) is 1. The van der Waals surface area contributed by atoms with Crippen LogP contribution in [0.5, 0.6) is 11.5 Å². The van der Waals surface area contributed by atoms with Crippen molar-refractivity contribution in [1.82, 2.24) is 9.80 Å². The summed E-state index contributed by atoms with van der Waals surface area (Å²) in [5, 5.41) is 9.50. The molecule has 1 aromatic carbocycles. The smallest absolute Gasteiger partial charge is 0.127 e. The summed E-state index contributed by atoms with van der Waals surface area (Å²) in [5.41, 5.74) is 1.21. The number of fused-ring (bicyclic) bond motifs is 1. The highest BCUT2D eigenvalue weighted by molar-refractivity contribution is 5.44. The molecule has 104 valence electrons. The summed E-state index contributed by atoms with van der Waals surface area (Å²) in [7, 11) is 4.39. The first-order valence-electron chi connectivity index (χ1n) is 7.01. The quantitative estimate of drug-likeness (QED) is 0.882. The predicted octanol–water partition coefficient (Wildman–Crippen LogP) is 1.85. The van der Waals surface area contributed by atoms with Gasteiger partial charge in [0.15, 0.2) is 0 Å². The minimum absolute atomic E-state index is 0.279. The van der Waals surface area contributed by atoms with Gasteiger partial charge in [-0.2, -0.15) is 0 Å². The van der Waals surface area contributed by atoms with Crippen LogP contribution < -0.4 is 4.74 Å². The lowest BCUT2D eigenvalue weighted by Gasteiger charge is -2.37. The zero-order valence-electron chi connectivity index (χ0n) is 11.7. The minimum Gasteiger partial charge on any atom is -0.508 e. The number of hydrogen-bond donors (Lipinski definition) is 1. The molecule has 2 aliphatic rings. The second-order valence-corrected chi connectivity index (χ2v) is 5.75. The number of rotatable bonds is 2. The van der Waals surface area contributed by atoms with Crippen molar-refractivity contribution in [3.05, 3.63) is 23.8 Å². The fourth-order valence-electron chi connectivity index (χ4n) is 3.18. The van der Waals surface area contributed by atoms with E-state index in [1.165, 1.54) is 31.5 Å². The van der Waals surface area contributed by atoms with E-state index in [2.05, 4.69) is 23.9 Å². The maximum absolute atomic E-state index is 9.50. The second-order valence-electron chi connectivity index (χ2n) is 5.75. The second kappa shape index (κ2) is 5.02. The van der Waals surface area contributed by atoms with Crippen molar-refractivity contribution in [2.75, 3.05) is 33.8 Å². The van der Waals surface area contributed by atoms with Gasteiger partial charge in [0.25, 0.3) is 0 Å². The fourth-order valence-corrected chi connectivity index (χ4v) is 3.18. The number of likely N-dealkylation sites (N-methyl/N-ethyl adjacent to an activating group) is 1. The first-order valence-corrected chi connectivity index (χ1v) is 7.01. The molecule has 1 fully saturated rings. The Bertz CT molecular complexity index is 455. The molecule has 2 heterocycles. The summed E-state index contributed by atoms with van der Waals surface area (Å²) < 4.78 is 5.71. The van der Waals surface area contributed by atoms with Crippen LogP contribution in [0.3, 0.4) is 0 Å².